The van der Waals surface area contributed by atoms with Crippen LogP contribution in [0.3, 0.4) is 0 Å². The van der Waals surface area contributed by atoms with Gasteiger partial charge in [-0.15, -0.1) is 0 Å². The Kier molecular flexibility index (Phi) is 3.52. The molecule has 6 nitrogen and oxygen atoms in total. The highest BCUT2D eigenvalue weighted by molar-refractivity contribution is 7.80. The van der Waals surface area contributed by atoms with Gasteiger partial charge in [-0.2, -0.15) is 0 Å². The Balaban J connectivity index is 2.00. The van der Waals surface area contributed by atoms with Gasteiger partial charge < -0.3 is 16.4 Å². The first-order valence-electron chi connectivity index (χ1n) is 5.39. The molecule has 1 aromatic rings. The summed E-state index contributed by atoms with van der Waals surface area (Å²) in [7, 11) is 0. The molecule has 2 rings (SSSR count). The lowest BCUT2D eigenvalue weighted by Crippen LogP contribution is -2.36. The van der Waals surface area contributed by atoms with E-state index >= 15 is 0 Å². The molecule has 0 aliphatic carbocycles. The molecule has 2 amide bonds. The van der Waals surface area contributed by atoms with E-state index in [-0.39, 0.29) is 28.5 Å². The second-order valence-corrected chi connectivity index (χ2v) is 4.41. The number of amides is 2. The van der Waals surface area contributed by atoms with E-state index in [1.807, 2.05) is 0 Å². The number of nitrogens with zero attached hydrogens (tertiary/aromatic N) is 1. The fourth-order valence-electron chi connectivity index (χ4n) is 1.64. The van der Waals surface area contributed by atoms with Crippen molar-refractivity contribution >= 4 is 29.0 Å². The van der Waals surface area contributed by atoms with Crippen molar-refractivity contribution in [2.45, 2.75) is 12.5 Å². The molecular formula is C11H12N4O2S. The van der Waals surface area contributed by atoms with Gasteiger partial charge in [0.2, 0.25) is 5.91 Å². The average Bonchev–Trinajstić information content (AvgIpc) is 2.75. The number of thiocarbonyl (C=S) groups is 1. The third-order valence-corrected chi connectivity index (χ3v) is 2.83. The summed E-state index contributed by atoms with van der Waals surface area (Å²) < 4.78 is 0. The smallest absolute Gasteiger partial charge is 0.270 e. The van der Waals surface area contributed by atoms with E-state index < -0.39 is 0 Å². The monoisotopic (exact) mass is 264 g/mol. The fraction of sp³-hybridized carbons (Fsp3) is 0.273. The van der Waals surface area contributed by atoms with Crippen LogP contribution < -0.4 is 16.4 Å². The van der Waals surface area contributed by atoms with Gasteiger partial charge in [-0.1, -0.05) is 12.2 Å². The maximum Gasteiger partial charge on any atom is 0.270 e. The minimum absolute atomic E-state index is 0.0583. The van der Waals surface area contributed by atoms with Crippen molar-refractivity contribution in [2.75, 3.05) is 6.54 Å². The largest absolute Gasteiger partial charge is 0.389 e. The van der Waals surface area contributed by atoms with Crippen LogP contribution in [-0.2, 0) is 4.79 Å². The van der Waals surface area contributed by atoms with Gasteiger partial charge in [-0.25, -0.2) is 0 Å². The third kappa shape index (κ3) is 2.80. The Labute approximate surface area is 109 Å². The number of nitrogens with two attached hydrogens (primary N) is 1. The van der Waals surface area contributed by atoms with Crippen LogP contribution in [0.4, 0.5) is 0 Å². The van der Waals surface area contributed by atoms with Crippen LogP contribution in [0, 0.1) is 0 Å². The maximum atomic E-state index is 11.8. The Bertz CT molecular complexity index is 500. The molecule has 1 atom stereocenters. The van der Waals surface area contributed by atoms with Crippen molar-refractivity contribution in [3.8, 4) is 0 Å². The van der Waals surface area contributed by atoms with E-state index in [0.29, 0.717) is 18.5 Å². The number of hydrogen-bond donors (Lipinski definition) is 3. The molecule has 2 heterocycles. The van der Waals surface area contributed by atoms with Crippen LogP contribution in [0.25, 0.3) is 0 Å². The highest BCUT2D eigenvalue weighted by Gasteiger charge is 2.23. The van der Waals surface area contributed by atoms with Crippen molar-refractivity contribution in [1.29, 1.82) is 0 Å². The number of aromatic nitrogens is 1. The number of carbonyl (C=O) groups is 2. The summed E-state index contributed by atoms with van der Waals surface area (Å²) in [6.45, 7) is 0.454. The summed E-state index contributed by atoms with van der Waals surface area (Å²) >= 11 is 4.79. The van der Waals surface area contributed by atoms with Gasteiger partial charge in [0.05, 0.1) is 6.04 Å². The van der Waals surface area contributed by atoms with Gasteiger partial charge in [-0.05, 0) is 12.1 Å². The summed E-state index contributed by atoms with van der Waals surface area (Å²) in [4.78, 5) is 27.0. The lowest BCUT2D eigenvalue weighted by Gasteiger charge is -2.09. The molecule has 18 heavy (non-hydrogen) atoms. The molecule has 0 bridgehead atoms. The molecule has 0 spiro atoms. The Morgan fingerprint density at radius 1 is 1.56 bits per heavy atom. The molecule has 7 heteroatoms. The quantitative estimate of drug-likeness (QED) is 0.629. The highest BCUT2D eigenvalue weighted by Crippen LogP contribution is 2.03. The highest BCUT2D eigenvalue weighted by atomic mass is 32.1. The summed E-state index contributed by atoms with van der Waals surface area (Å²) in [5.74, 6) is -0.372. The van der Waals surface area contributed by atoms with Crippen molar-refractivity contribution in [1.82, 2.24) is 15.6 Å². The zero-order valence-corrected chi connectivity index (χ0v) is 10.3. The van der Waals surface area contributed by atoms with E-state index in [9.17, 15) is 9.59 Å². The van der Waals surface area contributed by atoms with Crippen LogP contribution in [0.1, 0.15) is 22.5 Å². The van der Waals surface area contributed by atoms with Gasteiger partial charge in [0.1, 0.15) is 10.7 Å². The normalized spacial score (nSPS) is 18.2. The second kappa shape index (κ2) is 5.09. The third-order valence-electron chi connectivity index (χ3n) is 2.59. The van der Waals surface area contributed by atoms with E-state index in [1.165, 1.54) is 6.20 Å². The predicted molar refractivity (Wildman–Crippen MR) is 69.0 cm³/mol. The zero-order valence-electron chi connectivity index (χ0n) is 9.47. The molecule has 94 valence electrons. The molecule has 0 aromatic carbocycles. The standard InChI is InChI=1S/C11H12N4O2S/c12-10(18)6-1-2-8(13-4-6)11(17)15-7-3-9(16)14-5-7/h1-2,4,7H,3,5H2,(H2,12,18)(H,14,16)(H,15,17). The molecule has 1 aliphatic rings. The first kappa shape index (κ1) is 12.4. The maximum absolute atomic E-state index is 11.8. The van der Waals surface area contributed by atoms with Crippen molar-refractivity contribution in [3.63, 3.8) is 0 Å². The van der Waals surface area contributed by atoms with Crippen LogP contribution in [0.15, 0.2) is 18.3 Å². The zero-order chi connectivity index (χ0) is 13.1. The van der Waals surface area contributed by atoms with E-state index in [0.717, 1.165) is 0 Å². The predicted octanol–water partition coefficient (Wildman–Crippen LogP) is -0.666. The van der Waals surface area contributed by atoms with Crippen LogP contribution in [0.5, 0.6) is 0 Å². The van der Waals surface area contributed by atoms with Crippen LogP contribution in [-0.4, -0.2) is 34.4 Å². The molecule has 1 aromatic heterocycles. The summed E-state index contributed by atoms with van der Waals surface area (Å²) in [5.41, 5.74) is 6.32. The summed E-state index contributed by atoms with van der Waals surface area (Å²) in [6.07, 6.45) is 1.76. The molecule has 0 radical (unpaired) electrons. The lowest BCUT2D eigenvalue weighted by atomic mass is 10.2. The molecule has 1 aliphatic heterocycles. The number of nitrogens with one attached hydrogen (secondary N) is 2. The number of carbonyl (C=O) groups excluding carboxylic acids is 2. The fourth-order valence-corrected chi connectivity index (χ4v) is 1.76. The molecule has 1 fully saturated rings. The minimum Gasteiger partial charge on any atom is -0.389 e. The van der Waals surface area contributed by atoms with E-state index in [1.54, 1.807) is 12.1 Å². The molecular weight excluding hydrogens is 252 g/mol. The Morgan fingerprint density at radius 2 is 2.33 bits per heavy atom. The molecule has 1 unspecified atom stereocenters. The summed E-state index contributed by atoms with van der Waals surface area (Å²) in [5, 5.41) is 5.37. The molecule has 4 N–H and O–H groups in total. The molecule has 0 saturated carbocycles. The van der Waals surface area contributed by atoms with E-state index in [4.69, 9.17) is 18.0 Å². The number of hydrogen-bond acceptors (Lipinski definition) is 4. The average molecular weight is 264 g/mol. The number of pyridine rings is 1. The first-order chi connectivity index (χ1) is 8.56. The minimum atomic E-state index is -0.314. The first-order valence-corrected chi connectivity index (χ1v) is 5.80. The van der Waals surface area contributed by atoms with Crippen molar-refractivity contribution < 1.29 is 9.59 Å². The van der Waals surface area contributed by atoms with Gasteiger partial charge in [0.25, 0.3) is 5.91 Å². The van der Waals surface area contributed by atoms with E-state index in [2.05, 4.69) is 15.6 Å². The van der Waals surface area contributed by atoms with Crippen LogP contribution >= 0.6 is 12.2 Å². The Morgan fingerprint density at radius 3 is 2.83 bits per heavy atom. The second-order valence-electron chi connectivity index (χ2n) is 3.97. The SMILES string of the molecule is NC(=S)c1ccc(C(=O)NC2CNC(=O)C2)nc1. The molecule has 1 saturated heterocycles. The Hall–Kier alpha value is -2.02. The number of rotatable bonds is 3. The van der Waals surface area contributed by atoms with Crippen LogP contribution in [0.2, 0.25) is 0 Å². The van der Waals surface area contributed by atoms with Gasteiger partial charge in [0.15, 0.2) is 0 Å². The van der Waals surface area contributed by atoms with Gasteiger partial charge in [0, 0.05) is 24.7 Å². The van der Waals surface area contributed by atoms with Gasteiger partial charge in [-0.3, -0.25) is 14.6 Å². The lowest BCUT2D eigenvalue weighted by molar-refractivity contribution is -0.119. The summed E-state index contributed by atoms with van der Waals surface area (Å²) in [6, 6.07) is 3.01. The van der Waals surface area contributed by atoms with Gasteiger partial charge >= 0.3 is 0 Å². The van der Waals surface area contributed by atoms with Crippen molar-refractivity contribution in [2.24, 2.45) is 5.73 Å². The van der Waals surface area contributed by atoms with Crippen molar-refractivity contribution in [3.05, 3.63) is 29.6 Å². The topological polar surface area (TPSA) is 97.1 Å².